The van der Waals surface area contributed by atoms with E-state index in [9.17, 15) is 19.2 Å². The molecule has 0 fully saturated rings. The maximum Gasteiger partial charge on any atom is 0.326 e. The number of carboxylic acid groups (broad SMARTS) is 2. The summed E-state index contributed by atoms with van der Waals surface area (Å²) < 4.78 is 0. The van der Waals surface area contributed by atoms with Gasteiger partial charge in [0.2, 0.25) is 11.8 Å². The predicted molar refractivity (Wildman–Crippen MR) is 81.5 cm³/mol. The summed E-state index contributed by atoms with van der Waals surface area (Å²) in [7, 11) is 0. The van der Waals surface area contributed by atoms with Gasteiger partial charge in [-0.05, 0) is 26.2 Å². The first-order valence-electron chi connectivity index (χ1n) is 7.19. The molecule has 0 aliphatic carbocycles. The molecule has 9 heteroatoms. The van der Waals surface area contributed by atoms with Crippen molar-refractivity contribution >= 4 is 23.8 Å². The SMILES string of the molecule is CC(C)C[C@H](NC(=O)C(C)(C)N)C(=O)N[C@@H](CC(=O)O)C(=O)O. The summed E-state index contributed by atoms with van der Waals surface area (Å²) in [5.74, 6) is -4.11. The van der Waals surface area contributed by atoms with Crippen LogP contribution in [0, 0.1) is 5.92 Å². The third-order valence-electron chi connectivity index (χ3n) is 2.91. The fourth-order valence-corrected chi connectivity index (χ4v) is 1.69. The number of nitrogens with one attached hydrogen (secondary N) is 2. The van der Waals surface area contributed by atoms with E-state index in [2.05, 4.69) is 10.6 Å². The molecule has 0 unspecified atom stereocenters. The highest BCUT2D eigenvalue weighted by molar-refractivity contribution is 5.93. The lowest BCUT2D eigenvalue weighted by Crippen LogP contribution is -2.57. The van der Waals surface area contributed by atoms with E-state index in [1.54, 1.807) is 0 Å². The van der Waals surface area contributed by atoms with E-state index in [0.717, 1.165) is 0 Å². The number of carboxylic acids is 2. The van der Waals surface area contributed by atoms with Crippen molar-refractivity contribution in [3.63, 3.8) is 0 Å². The molecule has 9 nitrogen and oxygen atoms in total. The minimum absolute atomic E-state index is 0.0367. The molecule has 0 aromatic rings. The second-order valence-corrected chi connectivity index (χ2v) is 6.37. The molecule has 0 aromatic carbocycles. The first-order valence-corrected chi connectivity index (χ1v) is 7.19. The molecule has 6 N–H and O–H groups in total. The lowest BCUT2D eigenvalue weighted by atomic mass is 10.00. The van der Waals surface area contributed by atoms with E-state index in [0.29, 0.717) is 0 Å². The minimum atomic E-state index is -1.57. The molecule has 2 amide bonds. The van der Waals surface area contributed by atoms with Crippen LogP contribution in [-0.2, 0) is 19.2 Å². The van der Waals surface area contributed by atoms with Crippen LogP contribution in [0.3, 0.4) is 0 Å². The van der Waals surface area contributed by atoms with Crippen LogP contribution in [0.2, 0.25) is 0 Å². The van der Waals surface area contributed by atoms with E-state index < -0.39 is 47.8 Å². The normalized spacial score (nSPS) is 14.0. The number of rotatable bonds is 9. The van der Waals surface area contributed by atoms with Crippen LogP contribution in [0.4, 0.5) is 0 Å². The molecule has 0 bridgehead atoms. The first-order chi connectivity index (χ1) is 10.3. The Bertz CT molecular complexity index is 470. The number of nitrogens with two attached hydrogens (primary N) is 1. The van der Waals surface area contributed by atoms with Gasteiger partial charge in [-0.15, -0.1) is 0 Å². The molecular weight excluding hydrogens is 306 g/mol. The van der Waals surface area contributed by atoms with Crippen LogP contribution in [-0.4, -0.2) is 51.6 Å². The zero-order valence-electron chi connectivity index (χ0n) is 13.8. The Hall–Kier alpha value is -2.16. The highest BCUT2D eigenvalue weighted by Gasteiger charge is 2.31. The van der Waals surface area contributed by atoms with Gasteiger partial charge < -0.3 is 26.6 Å². The van der Waals surface area contributed by atoms with E-state index in [1.165, 1.54) is 13.8 Å². The van der Waals surface area contributed by atoms with E-state index in [-0.39, 0.29) is 12.3 Å². The maximum absolute atomic E-state index is 12.2. The lowest BCUT2D eigenvalue weighted by molar-refractivity contribution is -0.147. The second-order valence-electron chi connectivity index (χ2n) is 6.37. The fourth-order valence-electron chi connectivity index (χ4n) is 1.69. The van der Waals surface area contributed by atoms with E-state index in [4.69, 9.17) is 15.9 Å². The Morgan fingerprint density at radius 3 is 1.91 bits per heavy atom. The molecule has 132 valence electrons. The number of amides is 2. The first kappa shape index (κ1) is 20.8. The molecule has 2 atom stereocenters. The Kier molecular flexibility index (Phi) is 7.67. The van der Waals surface area contributed by atoms with Gasteiger partial charge in [-0.1, -0.05) is 13.8 Å². The van der Waals surface area contributed by atoms with Crippen LogP contribution in [0.5, 0.6) is 0 Å². The summed E-state index contributed by atoms with van der Waals surface area (Å²) in [4.78, 5) is 45.8. The van der Waals surface area contributed by atoms with Crippen molar-refractivity contribution in [3.05, 3.63) is 0 Å². The molecule has 0 aliphatic rings. The second kappa shape index (κ2) is 8.47. The average Bonchev–Trinajstić information content (AvgIpc) is 2.34. The highest BCUT2D eigenvalue weighted by atomic mass is 16.4. The van der Waals surface area contributed by atoms with Crippen molar-refractivity contribution < 1.29 is 29.4 Å². The van der Waals surface area contributed by atoms with Crippen LogP contribution in [0.1, 0.15) is 40.5 Å². The average molecular weight is 331 g/mol. The largest absolute Gasteiger partial charge is 0.481 e. The van der Waals surface area contributed by atoms with Crippen LogP contribution in [0.15, 0.2) is 0 Å². The molecule has 0 saturated heterocycles. The van der Waals surface area contributed by atoms with Gasteiger partial charge in [0.1, 0.15) is 12.1 Å². The summed E-state index contributed by atoms with van der Waals surface area (Å²) in [5, 5.41) is 22.2. The van der Waals surface area contributed by atoms with Crippen molar-refractivity contribution in [3.8, 4) is 0 Å². The monoisotopic (exact) mass is 331 g/mol. The standard InChI is InChI=1S/C14H25N3O6/c1-7(2)5-8(17-13(23)14(3,4)15)11(20)16-9(12(21)22)6-10(18)19/h7-9H,5-6,15H2,1-4H3,(H,16,20)(H,17,23)(H,18,19)(H,21,22)/t8-,9-/m0/s1. The summed E-state index contributed by atoms with van der Waals surface area (Å²) in [5.41, 5.74) is 4.45. The predicted octanol–water partition coefficient (Wildman–Crippen LogP) is -0.701. The van der Waals surface area contributed by atoms with Gasteiger partial charge in [-0.3, -0.25) is 14.4 Å². The molecule has 0 aromatic heterocycles. The van der Waals surface area contributed by atoms with Crippen LogP contribution >= 0.6 is 0 Å². The Morgan fingerprint density at radius 1 is 1.04 bits per heavy atom. The number of hydrogen-bond donors (Lipinski definition) is 5. The van der Waals surface area contributed by atoms with Crippen molar-refractivity contribution in [2.45, 2.75) is 58.2 Å². The van der Waals surface area contributed by atoms with Gasteiger partial charge >= 0.3 is 11.9 Å². The molecule has 0 rings (SSSR count). The van der Waals surface area contributed by atoms with Crippen LogP contribution < -0.4 is 16.4 Å². The molecule has 0 heterocycles. The number of hydrogen-bond acceptors (Lipinski definition) is 5. The molecule has 0 spiro atoms. The molecular formula is C14H25N3O6. The van der Waals surface area contributed by atoms with Crippen molar-refractivity contribution in [2.75, 3.05) is 0 Å². The third kappa shape index (κ3) is 8.15. The summed E-state index contributed by atoms with van der Waals surface area (Å²) in [6.07, 6.45) is -0.501. The molecule has 0 aliphatic heterocycles. The van der Waals surface area contributed by atoms with Crippen molar-refractivity contribution in [1.82, 2.24) is 10.6 Å². The smallest absolute Gasteiger partial charge is 0.326 e. The highest BCUT2D eigenvalue weighted by Crippen LogP contribution is 2.08. The summed E-state index contributed by atoms with van der Waals surface area (Å²) in [6, 6.07) is -2.57. The Labute approximate surface area is 134 Å². The van der Waals surface area contributed by atoms with Gasteiger partial charge in [-0.25, -0.2) is 4.79 Å². The Balaban J connectivity index is 5.09. The number of carbonyl (C=O) groups excluding carboxylic acids is 2. The topological polar surface area (TPSA) is 159 Å². The number of carbonyl (C=O) groups is 4. The molecule has 0 radical (unpaired) electrons. The Morgan fingerprint density at radius 2 is 1.57 bits per heavy atom. The van der Waals surface area contributed by atoms with Gasteiger partial charge in [0.15, 0.2) is 0 Å². The van der Waals surface area contributed by atoms with Gasteiger partial charge in [0.05, 0.1) is 12.0 Å². The van der Waals surface area contributed by atoms with Gasteiger partial charge in [0, 0.05) is 0 Å². The maximum atomic E-state index is 12.2. The van der Waals surface area contributed by atoms with Crippen LogP contribution in [0.25, 0.3) is 0 Å². The zero-order valence-corrected chi connectivity index (χ0v) is 13.8. The van der Waals surface area contributed by atoms with E-state index >= 15 is 0 Å². The van der Waals surface area contributed by atoms with Crippen molar-refractivity contribution in [2.24, 2.45) is 11.7 Å². The molecule has 23 heavy (non-hydrogen) atoms. The third-order valence-corrected chi connectivity index (χ3v) is 2.91. The fraction of sp³-hybridized carbons (Fsp3) is 0.714. The zero-order chi connectivity index (χ0) is 18.4. The molecule has 0 saturated carbocycles. The van der Waals surface area contributed by atoms with Gasteiger partial charge in [0.25, 0.3) is 0 Å². The number of aliphatic carboxylic acids is 2. The lowest BCUT2D eigenvalue weighted by Gasteiger charge is -2.26. The summed E-state index contributed by atoms with van der Waals surface area (Å²) >= 11 is 0. The van der Waals surface area contributed by atoms with Crippen molar-refractivity contribution in [1.29, 1.82) is 0 Å². The van der Waals surface area contributed by atoms with Gasteiger partial charge in [-0.2, -0.15) is 0 Å². The minimum Gasteiger partial charge on any atom is -0.481 e. The van der Waals surface area contributed by atoms with E-state index in [1.807, 2.05) is 13.8 Å². The summed E-state index contributed by atoms with van der Waals surface area (Å²) in [6.45, 7) is 6.59. The quantitative estimate of drug-likeness (QED) is 0.373.